The number of amides is 2. The zero-order valence-corrected chi connectivity index (χ0v) is 15.1. The van der Waals surface area contributed by atoms with Crippen molar-refractivity contribution in [1.29, 1.82) is 0 Å². The number of hydrogen-bond acceptors (Lipinski definition) is 2. The Morgan fingerprint density at radius 1 is 1.19 bits per heavy atom. The number of benzene rings is 1. The summed E-state index contributed by atoms with van der Waals surface area (Å²) in [5.74, 6) is 0. The van der Waals surface area contributed by atoms with E-state index in [1.54, 1.807) is 0 Å². The standard InChI is InChI=1S/C19H23F3N4O/c1-25-9-5-8-16(25)17(26-10-2-3-11-26)13-23-18(27)24-15-7-4-6-14(12-15)19(20,21)22/h4-9,12,17H,2-3,10-11,13H2,1H3,(H2,23,24,27). The number of aromatic nitrogens is 1. The first-order valence-electron chi connectivity index (χ1n) is 8.92. The summed E-state index contributed by atoms with van der Waals surface area (Å²) in [7, 11) is 1.96. The first-order valence-corrected chi connectivity index (χ1v) is 8.92. The molecule has 0 spiro atoms. The Hall–Kier alpha value is -2.48. The van der Waals surface area contributed by atoms with Crippen LogP contribution in [-0.4, -0.2) is 35.1 Å². The van der Waals surface area contributed by atoms with Crippen molar-refractivity contribution >= 4 is 11.7 Å². The van der Waals surface area contributed by atoms with Crippen molar-refractivity contribution < 1.29 is 18.0 Å². The number of nitrogens with one attached hydrogen (secondary N) is 2. The third kappa shape index (κ3) is 4.82. The van der Waals surface area contributed by atoms with Gasteiger partial charge in [0.25, 0.3) is 0 Å². The number of alkyl halides is 3. The molecule has 146 valence electrons. The van der Waals surface area contributed by atoms with Crippen molar-refractivity contribution in [3.8, 4) is 0 Å². The zero-order chi connectivity index (χ0) is 19.4. The highest BCUT2D eigenvalue weighted by Crippen LogP contribution is 2.30. The van der Waals surface area contributed by atoms with Crippen LogP contribution in [0.3, 0.4) is 0 Å². The fraction of sp³-hybridized carbons (Fsp3) is 0.421. The summed E-state index contributed by atoms with van der Waals surface area (Å²) >= 11 is 0. The number of likely N-dealkylation sites (tertiary alicyclic amines) is 1. The normalized spacial score (nSPS) is 16.3. The maximum Gasteiger partial charge on any atom is 0.416 e. The number of rotatable bonds is 5. The molecule has 2 N–H and O–H groups in total. The van der Waals surface area contributed by atoms with Crippen molar-refractivity contribution in [1.82, 2.24) is 14.8 Å². The highest BCUT2D eigenvalue weighted by molar-refractivity contribution is 5.89. The first-order chi connectivity index (χ1) is 12.8. The van der Waals surface area contributed by atoms with Crippen LogP contribution in [-0.2, 0) is 13.2 Å². The fourth-order valence-electron chi connectivity index (χ4n) is 3.43. The van der Waals surface area contributed by atoms with E-state index in [0.717, 1.165) is 43.8 Å². The molecule has 2 heterocycles. The average molecular weight is 380 g/mol. The van der Waals surface area contributed by atoms with Crippen LogP contribution in [0.1, 0.15) is 30.1 Å². The molecule has 2 aromatic rings. The summed E-state index contributed by atoms with van der Waals surface area (Å²) in [6.07, 6.45) is -0.239. The first kappa shape index (κ1) is 19.3. The van der Waals surface area contributed by atoms with Crippen molar-refractivity contribution in [2.75, 3.05) is 25.0 Å². The van der Waals surface area contributed by atoms with Crippen LogP contribution in [0.25, 0.3) is 0 Å². The summed E-state index contributed by atoms with van der Waals surface area (Å²) in [5, 5.41) is 5.28. The molecule has 0 radical (unpaired) electrons. The average Bonchev–Trinajstić information content (AvgIpc) is 3.27. The van der Waals surface area contributed by atoms with Crippen LogP contribution in [0.2, 0.25) is 0 Å². The van der Waals surface area contributed by atoms with Gasteiger partial charge < -0.3 is 15.2 Å². The summed E-state index contributed by atoms with van der Waals surface area (Å²) in [5.41, 5.74) is 0.411. The van der Waals surface area contributed by atoms with Crippen LogP contribution in [0.4, 0.5) is 23.7 Å². The Labute approximate surface area is 156 Å². The topological polar surface area (TPSA) is 49.3 Å². The Bertz CT molecular complexity index is 781. The second-order valence-electron chi connectivity index (χ2n) is 6.72. The van der Waals surface area contributed by atoms with E-state index in [2.05, 4.69) is 15.5 Å². The van der Waals surface area contributed by atoms with Crippen molar-refractivity contribution in [2.45, 2.75) is 25.1 Å². The molecule has 0 bridgehead atoms. The zero-order valence-electron chi connectivity index (χ0n) is 15.1. The molecule has 1 aromatic carbocycles. The van der Waals surface area contributed by atoms with E-state index in [0.29, 0.717) is 6.54 Å². The van der Waals surface area contributed by atoms with Crippen molar-refractivity contribution in [3.05, 3.63) is 53.9 Å². The van der Waals surface area contributed by atoms with Gasteiger partial charge in [0.15, 0.2) is 0 Å². The molecule has 1 aromatic heterocycles. The third-order valence-electron chi connectivity index (χ3n) is 4.81. The SMILES string of the molecule is Cn1cccc1C(CNC(=O)Nc1cccc(C(F)(F)F)c1)N1CCCC1. The summed E-state index contributed by atoms with van der Waals surface area (Å²) in [4.78, 5) is 14.5. The van der Waals surface area contributed by atoms with E-state index in [-0.39, 0.29) is 11.7 Å². The number of aryl methyl sites for hydroxylation is 1. The van der Waals surface area contributed by atoms with Crippen LogP contribution in [0.5, 0.6) is 0 Å². The number of anilines is 1. The Balaban J connectivity index is 1.64. The third-order valence-corrected chi connectivity index (χ3v) is 4.81. The molecule has 1 fully saturated rings. The van der Waals surface area contributed by atoms with Gasteiger partial charge in [0.2, 0.25) is 0 Å². The van der Waals surface area contributed by atoms with E-state index in [1.807, 2.05) is 29.9 Å². The van der Waals surface area contributed by atoms with Gasteiger partial charge in [-0.25, -0.2) is 4.79 Å². The molecule has 1 saturated heterocycles. The molecule has 1 unspecified atom stereocenters. The monoisotopic (exact) mass is 380 g/mol. The number of urea groups is 1. The molecular weight excluding hydrogens is 357 g/mol. The van der Waals surface area contributed by atoms with Gasteiger partial charge in [0.1, 0.15) is 0 Å². The Kier molecular flexibility index (Phi) is 5.74. The van der Waals surface area contributed by atoms with Crippen LogP contribution < -0.4 is 10.6 Å². The highest BCUT2D eigenvalue weighted by atomic mass is 19.4. The molecule has 0 saturated carbocycles. The van der Waals surface area contributed by atoms with Gasteiger partial charge >= 0.3 is 12.2 Å². The number of carbonyl (C=O) groups is 1. The largest absolute Gasteiger partial charge is 0.416 e. The molecule has 8 heteroatoms. The van der Waals surface area contributed by atoms with Gasteiger partial charge in [-0.2, -0.15) is 13.2 Å². The van der Waals surface area contributed by atoms with E-state index in [4.69, 9.17) is 0 Å². The summed E-state index contributed by atoms with van der Waals surface area (Å²) in [6.45, 7) is 2.31. The number of carbonyl (C=O) groups excluding carboxylic acids is 1. The van der Waals surface area contributed by atoms with E-state index in [1.165, 1.54) is 12.1 Å². The number of nitrogens with zero attached hydrogens (tertiary/aromatic N) is 2. The molecular formula is C19H23F3N4O. The van der Waals surface area contributed by atoms with Crippen molar-refractivity contribution in [2.24, 2.45) is 7.05 Å². The lowest BCUT2D eigenvalue weighted by Gasteiger charge is -2.28. The van der Waals surface area contributed by atoms with Gasteiger partial charge in [0, 0.05) is 31.2 Å². The predicted molar refractivity (Wildman–Crippen MR) is 97.4 cm³/mol. The summed E-state index contributed by atoms with van der Waals surface area (Å²) < 4.78 is 40.4. The second kappa shape index (κ2) is 8.04. The van der Waals surface area contributed by atoms with E-state index >= 15 is 0 Å². The van der Waals surface area contributed by atoms with Gasteiger partial charge in [-0.1, -0.05) is 6.07 Å². The molecule has 3 rings (SSSR count). The molecule has 1 aliphatic rings. The molecule has 5 nitrogen and oxygen atoms in total. The molecule has 1 aliphatic heterocycles. The van der Waals surface area contributed by atoms with E-state index < -0.39 is 17.8 Å². The van der Waals surface area contributed by atoms with Crippen molar-refractivity contribution in [3.63, 3.8) is 0 Å². The quantitative estimate of drug-likeness (QED) is 0.824. The smallest absolute Gasteiger partial charge is 0.353 e. The van der Waals surface area contributed by atoms with Gasteiger partial charge in [-0.05, 0) is 56.3 Å². The Morgan fingerprint density at radius 2 is 1.93 bits per heavy atom. The minimum absolute atomic E-state index is 0.0276. The van der Waals surface area contributed by atoms with Crippen LogP contribution in [0.15, 0.2) is 42.6 Å². The maximum atomic E-state index is 12.8. The predicted octanol–water partition coefficient (Wildman–Crippen LogP) is 4.00. The molecule has 2 amide bonds. The molecule has 27 heavy (non-hydrogen) atoms. The minimum Gasteiger partial charge on any atom is -0.353 e. The van der Waals surface area contributed by atoms with Crippen LogP contribution >= 0.6 is 0 Å². The number of hydrogen-bond donors (Lipinski definition) is 2. The maximum absolute atomic E-state index is 12.8. The number of halogens is 3. The van der Waals surface area contributed by atoms with E-state index in [9.17, 15) is 18.0 Å². The Morgan fingerprint density at radius 3 is 2.56 bits per heavy atom. The lowest BCUT2D eigenvalue weighted by Crippen LogP contribution is -2.39. The van der Waals surface area contributed by atoms with Gasteiger partial charge in [-0.3, -0.25) is 4.90 Å². The minimum atomic E-state index is -4.44. The lowest BCUT2D eigenvalue weighted by atomic mass is 10.1. The van der Waals surface area contributed by atoms with Gasteiger partial charge in [0.05, 0.1) is 11.6 Å². The highest BCUT2D eigenvalue weighted by Gasteiger charge is 2.30. The summed E-state index contributed by atoms with van der Waals surface area (Å²) in [6, 6.07) is 8.10. The van der Waals surface area contributed by atoms with Gasteiger partial charge in [-0.15, -0.1) is 0 Å². The molecule has 0 aliphatic carbocycles. The van der Waals surface area contributed by atoms with Crippen LogP contribution in [0, 0.1) is 0 Å². The fourth-order valence-corrected chi connectivity index (χ4v) is 3.43. The lowest BCUT2D eigenvalue weighted by molar-refractivity contribution is -0.137. The molecule has 1 atom stereocenters. The second-order valence-corrected chi connectivity index (χ2v) is 6.72.